The number of ether oxygens (including phenoxy) is 1. The Morgan fingerprint density at radius 3 is 2.64 bits per heavy atom. The Balaban J connectivity index is 0.00000220. The van der Waals surface area contributed by atoms with Crippen LogP contribution in [0.5, 0.6) is 5.75 Å². The van der Waals surface area contributed by atoms with Gasteiger partial charge in [-0.3, -0.25) is 4.90 Å². The molecule has 1 saturated heterocycles. The first kappa shape index (κ1) is 21.2. The topological polar surface area (TPSA) is 24.5 Å². The molecule has 0 radical (unpaired) electrons. The molecule has 0 aromatic heterocycles. The van der Waals surface area contributed by atoms with Crippen molar-refractivity contribution in [2.75, 3.05) is 33.3 Å². The number of halogens is 3. The summed E-state index contributed by atoms with van der Waals surface area (Å²) in [6, 6.07) is 5.08. The van der Waals surface area contributed by atoms with E-state index in [9.17, 15) is 4.39 Å². The minimum absolute atomic E-state index is 0. The molecule has 0 saturated carbocycles. The SMILES string of the molecule is C=CCC[C@H](c1cc(OC)ccc1F)N1CCNCC1.Cl.Cl. The number of benzene rings is 1. The summed E-state index contributed by atoms with van der Waals surface area (Å²) in [7, 11) is 1.61. The van der Waals surface area contributed by atoms with Crippen molar-refractivity contribution in [1.82, 2.24) is 10.2 Å². The van der Waals surface area contributed by atoms with Gasteiger partial charge >= 0.3 is 0 Å². The Labute approximate surface area is 144 Å². The maximum absolute atomic E-state index is 14.2. The third-order valence-electron chi connectivity index (χ3n) is 3.80. The molecule has 0 spiro atoms. The van der Waals surface area contributed by atoms with Crippen molar-refractivity contribution < 1.29 is 9.13 Å². The molecule has 22 heavy (non-hydrogen) atoms. The molecule has 1 heterocycles. The van der Waals surface area contributed by atoms with Gasteiger partial charge in [0.05, 0.1) is 7.11 Å². The van der Waals surface area contributed by atoms with E-state index in [4.69, 9.17) is 4.74 Å². The molecule has 2 rings (SSSR count). The van der Waals surface area contributed by atoms with Crippen LogP contribution in [0.25, 0.3) is 0 Å². The summed E-state index contributed by atoms with van der Waals surface area (Å²) in [6.07, 6.45) is 3.66. The Kier molecular flexibility index (Phi) is 10.4. The minimum Gasteiger partial charge on any atom is -0.497 e. The van der Waals surface area contributed by atoms with Gasteiger partial charge in [-0.25, -0.2) is 4.39 Å². The molecule has 1 aromatic carbocycles. The van der Waals surface area contributed by atoms with Crippen LogP contribution in [0.15, 0.2) is 30.9 Å². The zero-order chi connectivity index (χ0) is 14.4. The van der Waals surface area contributed by atoms with Crippen molar-refractivity contribution in [3.05, 3.63) is 42.2 Å². The van der Waals surface area contributed by atoms with Crippen molar-refractivity contribution in [2.45, 2.75) is 18.9 Å². The first-order valence-corrected chi connectivity index (χ1v) is 7.15. The van der Waals surface area contributed by atoms with E-state index in [0.717, 1.165) is 44.6 Å². The van der Waals surface area contributed by atoms with Crippen LogP contribution < -0.4 is 10.1 Å². The number of rotatable bonds is 6. The fourth-order valence-corrected chi connectivity index (χ4v) is 2.71. The lowest BCUT2D eigenvalue weighted by atomic mass is 9.98. The largest absolute Gasteiger partial charge is 0.497 e. The zero-order valence-electron chi connectivity index (χ0n) is 12.9. The molecule has 1 aromatic rings. The Morgan fingerprint density at radius 2 is 2.05 bits per heavy atom. The first-order chi connectivity index (χ1) is 9.76. The van der Waals surface area contributed by atoms with Crippen LogP contribution in [-0.2, 0) is 0 Å². The van der Waals surface area contributed by atoms with Crippen LogP contribution in [0, 0.1) is 5.82 Å². The summed E-state index contributed by atoms with van der Waals surface area (Å²) in [4.78, 5) is 2.35. The highest BCUT2D eigenvalue weighted by Gasteiger charge is 2.24. The van der Waals surface area contributed by atoms with Crippen molar-refractivity contribution in [3.63, 3.8) is 0 Å². The van der Waals surface area contributed by atoms with Crippen LogP contribution in [-0.4, -0.2) is 38.2 Å². The van der Waals surface area contributed by atoms with Crippen molar-refractivity contribution in [1.29, 1.82) is 0 Å². The number of methoxy groups -OCH3 is 1. The van der Waals surface area contributed by atoms with Crippen LogP contribution in [0.3, 0.4) is 0 Å². The second-order valence-electron chi connectivity index (χ2n) is 5.06. The number of nitrogens with zero attached hydrogens (tertiary/aromatic N) is 1. The maximum Gasteiger partial charge on any atom is 0.128 e. The van der Waals surface area contributed by atoms with Crippen LogP contribution >= 0.6 is 24.8 Å². The molecule has 0 bridgehead atoms. The van der Waals surface area contributed by atoms with Gasteiger partial charge in [-0.1, -0.05) is 6.08 Å². The normalized spacial score (nSPS) is 16.1. The number of nitrogens with one attached hydrogen (secondary N) is 1. The van der Waals surface area contributed by atoms with E-state index >= 15 is 0 Å². The third-order valence-corrected chi connectivity index (χ3v) is 3.80. The number of allylic oxidation sites excluding steroid dienone is 1. The summed E-state index contributed by atoms with van der Waals surface area (Å²) in [5.41, 5.74) is 0.730. The molecular formula is C16H25Cl2FN2O. The average Bonchev–Trinajstić information content (AvgIpc) is 2.50. The second-order valence-corrected chi connectivity index (χ2v) is 5.06. The zero-order valence-corrected chi connectivity index (χ0v) is 14.5. The third kappa shape index (κ3) is 5.43. The summed E-state index contributed by atoms with van der Waals surface area (Å²) in [5.74, 6) is 0.554. The van der Waals surface area contributed by atoms with Crippen molar-refractivity contribution in [3.8, 4) is 5.75 Å². The fourth-order valence-electron chi connectivity index (χ4n) is 2.71. The van der Waals surface area contributed by atoms with Gasteiger partial charge in [0.1, 0.15) is 11.6 Å². The Morgan fingerprint density at radius 1 is 1.36 bits per heavy atom. The molecule has 0 unspecified atom stereocenters. The van der Waals surface area contributed by atoms with Gasteiger partial charge in [0.15, 0.2) is 0 Å². The summed E-state index contributed by atoms with van der Waals surface area (Å²) < 4.78 is 19.4. The van der Waals surface area contributed by atoms with Gasteiger partial charge in [0.25, 0.3) is 0 Å². The highest BCUT2D eigenvalue weighted by molar-refractivity contribution is 5.85. The molecule has 1 N–H and O–H groups in total. The molecule has 1 atom stereocenters. The van der Waals surface area contributed by atoms with Crippen LogP contribution in [0.4, 0.5) is 4.39 Å². The predicted molar refractivity (Wildman–Crippen MR) is 94.1 cm³/mol. The molecule has 0 aliphatic carbocycles. The van der Waals surface area contributed by atoms with E-state index in [0.29, 0.717) is 5.75 Å². The standard InChI is InChI=1S/C16H23FN2O.2ClH/c1-3-4-5-16(19-10-8-18-9-11-19)14-12-13(20-2)6-7-15(14)17;;/h3,6-7,12,16,18H,1,4-5,8-11H2,2H3;2*1H/t16-;;/m1../s1. The predicted octanol–water partition coefficient (Wildman–Crippen LogP) is 3.59. The highest BCUT2D eigenvalue weighted by Crippen LogP contribution is 2.30. The van der Waals surface area contributed by atoms with E-state index < -0.39 is 0 Å². The lowest BCUT2D eigenvalue weighted by Gasteiger charge is -2.35. The van der Waals surface area contributed by atoms with Gasteiger partial charge in [0.2, 0.25) is 0 Å². The molecule has 3 nitrogen and oxygen atoms in total. The number of hydrogen-bond acceptors (Lipinski definition) is 3. The number of hydrogen-bond donors (Lipinski definition) is 1. The van der Waals surface area contributed by atoms with Crippen molar-refractivity contribution in [2.24, 2.45) is 0 Å². The lowest BCUT2D eigenvalue weighted by Crippen LogP contribution is -2.45. The van der Waals surface area contributed by atoms with Gasteiger partial charge in [-0.15, -0.1) is 31.4 Å². The molecule has 6 heteroatoms. The van der Waals surface area contributed by atoms with Gasteiger partial charge in [-0.2, -0.15) is 0 Å². The smallest absolute Gasteiger partial charge is 0.128 e. The Hall–Kier alpha value is -0.810. The van der Waals surface area contributed by atoms with E-state index in [1.165, 1.54) is 6.07 Å². The first-order valence-electron chi connectivity index (χ1n) is 7.15. The summed E-state index contributed by atoms with van der Waals surface area (Å²) in [5, 5.41) is 3.33. The summed E-state index contributed by atoms with van der Waals surface area (Å²) >= 11 is 0. The Bertz CT molecular complexity index is 454. The van der Waals surface area contributed by atoms with Gasteiger partial charge < -0.3 is 10.1 Å². The molecule has 1 aliphatic rings. The maximum atomic E-state index is 14.2. The monoisotopic (exact) mass is 350 g/mol. The van der Waals surface area contributed by atoms with E-state index in [1.54, 1.807) is 13.2 Å². The van der Waals surface area contributed by atoms with Gasteiger partial charge in [-0.05, 0) is 31.0 Å². The molecule has 1 fully saturated rings. The average molecular weight is 351 g/mol. The van der Waals surface area contributed by atoms with E-state index in [1.807, 2.05) is 12.1 Å². The van der Waals surface area contributed by atoms with E-state index in [-0.39, 0.29) is 36.7 Å². The molecule has 126 valence electrons. The quantitative estimate of drug-likeness (QED) is 0.793. The highest BCUT2D eigenvalue weighted by atomic mass is 35.5. The van der Waals surface area contributed by atoms with E-state index in [2.05, 4.69) is 16.8 Å². The minimum atomic E-state index is -0.154. The fraction of sp³-hybridized carbons (Fsp3) is 0.500. The molecule has 1 aliphatic heterocycles. The van der Waals surface area contributed by atoms with Crippen molar-refractivity contribution >= 4 is 24.8 Å². The molecular weight excluding hydrogens is 326 g/mol. The number of piperazine rings is 1. The molecule has 0 amide bonds. The lowest BCUT2D eigenvalue weighted by molar-refractivity contribution is 0.163. The summed E-state index contributed by atoms with van der Waals surface area (Å²) in [6.45, 7) is 7.57. The van der Waals surface area contributed by atoms with Crippen LogP contribution in [0.1, 0.15) is 24.4 Å². The van der Waals surface area contributed by atoms with Crippen LogP contribution in [0.2, 0.25) is 0 Å². The van der Waals surface area contributed by atoms with Gasteiger partial charge in [0, 0.05) is 37.8 Å². The second kappa shape index (κ2) is 10.8.